The Morgan fingerprint density at radius 1 is 0.538 bits per heavy atom. The summed E-state index contributed by atoms with van der Waals surface area (Å²) >= 11 is 0. The van der Waals surface area contributed by atoms with Crippen molar-refractivity contribution in [3.8, 4) is 0 Å². The Hall–Kier alpha value is -2.57. The van der Waals surface area contributed by atoms with Gasteiger partial charge in [0, 0.05) is 33.1 Å². The highest BCUT2D eigenvalue weighted by molar-refractivity contribution is 5.91. The highest BCUT2D eigenvalue weighted by Crippen LogP contribution is 2.07. The van der Waals surface area contributed by atoms with E-state index in [9.17, 15) is 24.0 Å². The molecule has 12 nitrogen and oxygen atoms in total. The number of carbonyl (C=O) groups excluding carboxylic acids is 5. The Kier molecular flexibility index (Phi) is 19.9. The molecule has 0 saturated carbocycles. The summed E-state index contributed by atoms with van der Waals surface area (Å²) in [6.45, 7) is 9.04. The zero-order valence-corrected chi connectivity index (χ0v) is 24.7. The van der Waals surface area contributed by atoms with Gasteiger partial charge in [-0.1, -0.05) is 13.8 Å². The van der Waals surface area contributed by atoms with E-state index in [1.807, 2.05) is 13.8 Å². The number of nitrogens with two attached hydrogens (primary N) is 3. The molecule has 0 unspecified atom stereocenters. The van der Waals surface area contributed by atoms with Crippen LogP contribution in [0.15, 0.2) is 0 Å². The Morgan fingerprint density at radius 2 is 0.897 bits per heavy atom. The number of rotatable bonds is 22. The minimum absolute atomic E-state index is 0.0305. The molecule has 0 aliphatic carbocycles. The number of ketones is 1. The van der Waals surface area contributed by atoms with Crippen LogP contribution in [-0.4, -0.2) is 121 Å². The first-order valence-electron chi connectivity index (χ1n) is 14.1. The van der Waals surface area contributed by atoms with Gasteiger partial charge in [0.05, 0.1) is 26.2 Å². The SMILES string of the molecule is CC(=O)CN(CCCCN)C(=O)CN(CCCCN)C(=O)CN(CC(C)C)C(=O)CN(CCCCN)C(C)=O. The van der Waals surface area contributed by atoms with Crippen molar-refractivity contribution < 1.29 is 24.0 Å². The average Bonchev–Trinajstić information content (AvgIpc) is 2.85. The van der Waals surface area contributed by atoms with Crippen molar-refractivity contribution in [3.63, 3.8) is 0 Å². The van der Waals surface area contributed by atoms with Crippen LogP contribution >= 0.6 is 0 Å². The molecular weight excluding hydrogens is 502 g/mol. The second kappa shape index (κ2) is 21.3. The van der Waals surface area contributed by atoms with Gasteiger partial charge in [0.2, 0.25) is 23.6 Å². The van der Waals surface area contributed by atoms with Crippen LogP contribution in [0.2, 0.25) is 0 Å². The van der Waals surface area contributed by atoms with Gasteiger partial charge in [-0.25, -0.2) is 0 Å². The smallest absolute Gasteiger partial charge is 0.242 e. The number of amides is 4. The molecule has 6 N–H and O–H groups in total. The van der Waals surface area contributed by atoms with Gasteiger partial charge in [0.15, 0.2) is 0 Å². The molecule has 0 aromatic rings. The van der Waals surface area contributed by atoms with Crippen molar-refractivity contribution in [2.24, 2.45) is 23.1 Å². The Balaban J connectivity index is 5.66. The lowest BCUT2D eigenvalue weighted by atomic mass is 10.2. The number of nitrogens with zero attached hydrogens (tertiary/aromatic N) is 4. The van der Waals surface area contributed by atoms with E-state index in [2.05, 4.69) is 0 Å². The first-order valence-corrected chi connectivity index (χ1v) is 14.1. The molecular formula is C27H53N7O5. The molecule has 0 heterocycles. The maximum atomic E-state index is 13.5. The molecule has 39 heavy (non-hydrogen) atoms. The first-order chi connectivity index (χ1) is 18.5. The van der Waals surface area contributed by atoms with Crippen molar-refractivity contribution >= 4 is 29.4 Å². The Labute approximate surface area is 234 Å². The fraction of sp³-hybridized carbons (Fsp3) is 0.815. The number of hydrogen-bond donors (Lipinski definition) is 3. The normalized spacial score (nSPS) is 10.9. The third-order valence-corrected chi connectivity index (χ3v) is 6.13. The molecule has 0 aromatic carbocycles. The van der Waals surface area contributed by atoms with Crippen molar-refractivity contribution in [1.82, 2.24) is 19.6 Å². The Morgan fingerprint density at radius 3 is 1.28 bits per heavy atom. The van der Waals surface area contributed by atoms with E-state index in [0.29, 0.717) is 71.5 Å². The minimum atomic E-state index is -0.364. The summed E-state index contributed by atoms with van der Waals surface area (Å²) < 4.78 is 0. The topological polar surface area (TPSA) is 176 Å². The van der Waals surface area contributed by atoms with Crippen molar-refractivity contribution in [3.05, 3.63) is 0 Å². The van der Waals surface area contributed by atoms with Gasteiger partial charge in [-0.3, -0.25) is 24.0 Å². The molecule has 0 saturated heterocycles. The first kappa shape index (κ1) is 36.4. The van der Waals surface area contributed by atoms with Crippen LogP contribution in [-0.2, 0) is 24.0 Å². The highest BCUT2D eigenvalue weighted by Gasteiger charge is 2.27. The zero-order valence-electron chi connectivity index (χ0n) is 24.7. The van der Waals surface area contributed by atoms with Crippen molar-refractivity contribution in [2.75, 3.05) is 72.0 Å². The van der Waals surface area contributed by atoms with E-state index in [0.717, 1.165) is 12.8 Å². The van der Waals surface area contributed by atoms with E-state index in [1.165, 1.54) is 33.4 Å². The number of unbranched alkanes of at least 4 members (excludes halogenated alkanes) is 3. The predicted octanol–water partition coefficient (Wildman–Crippen LogP) is -0.218. The van der Waals surface area contributed by atoms with Crippen LogP contribution in [0.1, 0.15) is 66.2 Å². The zero-order chi connectivity index (χ0) is 29.8. The molecule has 0 spiro atoms. The molecule has 0 aliphatic heterocycles. The number of carbonyl (C=O) groups is 5. The number of Topliss-reactive ketones (excluding diaryl/α,β-unsaturated/α-hetero) is 1. The van der Waals surface area contributed by atoms with Crippen LogP contribution in [0.4, 0.5) is 0 Å². The molecule has 0 aromatic heterocycles. The maximum absolute atomic E-state index is 13.5. The van der Waals surface area contributed by atoms with Crippen molar-refractivity contribution in [1.29, 1.82) is 0 Å². The predicted molar refractivity (Wildman–Crippen MR) is 152 cm³/mol. The lowest BCUT2D eigenvalue weighted by Gasteiger charge is -2.31. The van der Waals surface area contributed by atoms with Crippen LogP contribution in [0.5, 0.6) is 0 Å². The monoisotopic (exact) mass is 555 g/mol. The summed E-state index contributed by atoms with van der Waals surface area (Å²) in [6, 6.07) is 0. The third-order valence-electron chi connectivity index (χ3n) is 6.13. The molecule has 0 rings (SSSR count). The fourth-order valence-corrected chi connectivity index (χ4v) is 4.03. The summed E-state index contributed by atoms with van der Waals surface area (Å²) in [5.41, 5.74) is 16.8. The molecule has 226 valence electrons. The van der Waals surface area contributed by atoms with Crippen molar-refractivity contribution in [2.45, 2.75) is 66.2 Å². The van der Waals surface area contributed by atoms with Gasteiger partial charge < -0.3 is 36.8 Å². The maximum Gasteiger partial charge on any atom is 0.242 e. The van der Waals surface area contributed by atoms with Gasteiger partial charge in [-0.05, 0) is 71.0 Å². The average molecular weight is 556 g/mol. The van der Waals surface area contributed by atoms with Crippen LogP contribution in [0, 0.1) is 5.92 Å². The summed E-state index contributed by atoms with van der Waals surface area (Å²) in [7, 11) is 0. The van der Waals surface area contributed by atoms with Crippen LogP contribution in [0.25, 0.3) is 0 Å². The lowest BCUT2D eigenvalue weighted by molar-refractivity contribution is -0.146. The second-order valence-corrected chi connectivity index (χ2v) is 10.4. The molecule has 12 heteroatoms. The van der Waals surface area contributed by atoms with E-state index in [1.54, 1.807) is 0 Å². The third kappa shape index (κ3) is 16.9. The second-order valence-electron chi connectivity index (χ2n) is 10.4. The van der Waals surface area contributed by atoms with Gasteiger partial charge in [0.1, 0.15) is 5.78 Å². The molecule has 0 atom stereocenters. The van der Waals surface area contributed by atoms with E-state index < -0.39 is 0 Å². The molecule has 0 radical (unpaired) electrons. The van der Waals surface area contributed by atoms with Gasteiger partial charge in [-0.2, -0.15) is 0 Å². The fourth-order valence-electron chi connectivity index (χ4n) is 4.03. The summed E-state index contributed by atoms with van der Waals surface area (Å²) in [5.74, 6) is -1.29. The summed E-state index contributed by atoms with van der Waals surface area (Å²) in [5, 5.41) is 0. The van der Waals surface area contributed by atoms with E-state index in [-0.39, 0.29) is 61.5 Å². The summed E-state index contributed by atoms with van der Waals surface area (Å²) in [6.07, 6.45) is 4.08. The quantitative estimate of drug-likeness (QED) is 0.154. The van der Waals surface area contributed by atoms with E-state index in [4.69, 9.17) is 17.2 Å². The van der Waals surface area contributed by atoms with Gasteiger partial charge in [0.25, 0.3) is 0 Å². The Bertz CT molecular complexity index is 763. The largest absolute Gasteiger partial charge is 0.334 e. The van der Waals surface area contributed by atoms with Crippen LogP contribution in [0.3, 0.4) is 0 Å². The van der Waals surface area contributed by atoms with Gasteiger partial charge >= 0.3 is 0 Å². The van der Waals surface area contributed by atoms with E-state index >= 15 is 0 Å². The standard InChI is InChI=1S/C27H53N7O5/c1-22(2)17-34(27(39)19-31(24(4)36)14-8-5-11-28)21-26(38)33(16-10-7-13-30)20-25(37)32(18-23(3)35)15-9-6-12-29/h22H,5-21,28-30H2,1-4H3. The molecule has 0 fully saturated rings. The molecule has 0 aliphatic rings. The van der Waals surface area contributed by atoms with Gasteiger partial charge in [-0.15, -0.1) is 0 Å². The highest BCUT2D eigenvalue weighted by atomic mass is 16.2. The minimum Gasteiger partial charge on any atom is -0.334 e. The summed E-state index contributed by atoms with van der Waals surface area (Å²) in [4.78, 5) is 69.6. The molecule has 4 amide bonds. The van der Waals surface area contributed by atoms with Crippen LogP contribution < -0.4 is 17.2 Å². The number of hydrogen-bond acceptors (Lipinski definition) is 8. The lowest BCUT2D eigenvalue weighted by Crippen LogP contribution is -2.51. The molecule has 0 bridgehead atoms.